The molecule has 92 valence electrons. The summed E-state index contributed by atoms with van der Waals surface area (Å²) in [4.78, 5) is 12.0. The van der Waals surface area contributed by atoms with E-state index in [1.54, 1.807) is 0 Å². The average Bonchev–Trinajstić information content (AvgIpc) is 2.70. The fourth-order valence-corrected chi connectivity index (χ4v) is 2.91. The third-order valence-electron chi connectivity index (χ3n) is 4.20. The van der Waals surface area contributed by atoms with E-state index in [1.165, 1.54) is 12.8 Å². The molecule has 0 spiro atoms. The van der Waals surface area contributed by atoms with E-state index in [0.717, 1.165) is 31.6 Å². The highest BCUT2D eigenvalue weighted by atomic mass is 16.3. The average molecular weight is 225 g/mol. The van der Waals surface area contributed by atoms with Crippen LogP contribution in [-0.2, 0) is 4.79 Å². The van der Waals surface area contributed by atoms with E-state index in [0.29, 0.717) is 18.9 Å². The maximum atomic E-state index is 12.0. The van der Waals surface area contributed by atoms with Crippen LogP contribution in [0.1, 0.15) is 58.3 Å². The summed E-state index contributed by atoms with van der Waals surface area (Å²) in [5, 5.41) is 13.2. The van der Waals surface area contributed by atoms with Crippen LogP contribution in [0.3, 0.4) is 0 Å². The van der Waals surface area contributed by atoms with Crippen LogP contribution in [-0.4, -0.2) is 22.7 Å². The van der Waals surface area contributed by atoms with Crippen LogP contribution < -0.4 is 5.32 Å². The molecule has 16 heavy (non-hydrogen) atoms. The summed E-state index contributed by atoms with van der Waals surface area (Å²) in [5.74, 6) is 0.673. The minimum atomic E-state index is -1.05. The van der Waals surface area contributed by atoms with Crippen LogP contribution in [0.15, 0.2) is 0 Å². The van der Waals surface area contributed by atoms with Crippen LogP contribution in [0.5, 0.6) is 0 Å². The van der Waals surface area contributed by atoms with Crippen molar-refractivity contribution in [3.05, 3.63) is 0 Å². The number of aliphatic hydroxyl groups is 1. The third kappa shape index (κ3) is 2.57. The molecule has 0 aromatic carbocycles. The summed E-state index contributed by atoms with van der Waals surface area (Å²) in [6, 6.07) is 0.299. The Labute approximate surface area is 97.6 Å². The van der Waals surface area contributed by atoms with Gasteiger partial charge in [0, 0.05) is 6.04 Å². The number of hydrogen-bond donors (Lipinski definition) is 2. The summed E-state index contributed by atoms with van der Waals surface area (Å²) in [6.07, 6.45) is 7.78. The van der Waals surface area contributed by atoms with Gasteiger partial charge >= 0.3 is 0 Å². The van der Waals surface area contributed by atoms with Gasteiger partial charge in [0.25, 0.3) is 5.91 Å². The monoisotopic (exact) mass is 225 g/mol. The van der Waals surface area contributed by atoms with Crippen LogP contribution >= 0.6 is 0 Å². The molecule has 2 saturated carbocycles. The lowest BCUT2D eigenvalue weighted by molar-refractivity contribution is -0.140. The largest absolute Gasteiger partial charge is 0.380 e. The Morgan fingerprint density at radius 2 is 1.75 bits per heavy atom. The van der Waals surface area contributed by atoms with E-state index >= 15 is 0 Å². The second-order valence-corrected chi connectivity index (χ2v) is 5.67. The van der Waals surface area contributed by atoms with Crippen LogP contribution in [0.2, 0.25) is 0 Å². The lowest BCUT2D eigenvalue weighted by atomic mass is 9.87. The standard InChI is InChI=1S/C13H23NO2/c1-10-4-6-11(7-5-10)14-12(15)13(16)8-2-3-9-13/h10-11,16H,2-9H2,1H3,(H,14,15). The van der Waals surface area contributed by atoms with Crippen molar-refractivity contribution in [1.82, 2.24) is 5.32 Å². The highest BCUT2D eigenvalue weighted by Crippen LogP contribution is 2.30. The molecule has 2 rings (SSSR count). The smallest absolute Gasteiger partial charge is 0.252 e. The molecule has 0 radical (unpaired) electrons. The lowest BCUT2D eigenvalue weighted by Gasteiger charge is -2.30. The maximum Gasteiger partial charge on any atom is 0.252 e. The number of nitrogens with one attached hydrogen (secondary N) is 1. The molecule has 0 bridgehead atoms. The molecule has 3 heteroatoms. The molecule has 1 amide bonds. The van der Waals surface area contributed by atoms with Crippen molar-refractivity contribution in [2.24, 2.45) is 5.92 Å². The second kappa shape index (κ2) is 4.74. The molecule has 0 atom stereocenters. The van der Waals surface area contributed by atoms with Crippen molar-refractivity contribution in [1.29, 1.82) is 0 Å². The molecule has 2 N–H and O–H groups in total. The first-order chi connectivity index (χ1) is 7.60. The van der Waals surface area contributed by atoms with Gasteiger partial charge in [-0.2, -0.15) is 0 Å². The molecule has 2 aliphatic rings. The van der Waals surface area contributed by atoms with E-state index in [9.17, 15) is 9.90 Å². The summed E-state index contributed by atoms with van der Waals surface area (Å²) in [5.41, 5.74) is -1.05. The molecule has 0 unspecified atom stereocenters. The predicted molar refractivity (Wildman–Crippen MR) is 63.0 cm³/mol. The minimum Gasteiger partial charge on any atom is -0.380 e. The first kappa shape index (κ1) is 11.9. The van der Waals surface area contributed by atoms with Crippen molar-refractivity contribution in [3.63, 3.8) is 0 Å². The normalized spacial score (nSPS) is 33.6. The molecule has 0 saturated heterocycles. The number of carbonyl (C=O) groups excluding carboxylic acids is 1. The fourth-order valence-electron chi connectivity index (χ4n) is 2.91. The van der Waals surface area contributed by atoms with Gasteiger partial charge in [-0.15, -0.1) is 0 Å². The van der Waals surface area contributed by atoms with Crippen LogP contribution in [0, 0.1) is 5.92 Å². The summed E-state index contributed by atoms with van der Waals surface area (Å²) < 4.78 is 0. The Morgan fingerprint density at radius 3 is 2.31 bits per heavy atom. The zero-order valence-electron chi connectivity index (χ0n) is 10.2. The first-order valence-electron chi connectivity index (χ1n) is 6.63. The molecule has 2 aliphatic carbocycles. The first-order valence-corrected chi connectivity index (χ1v) is 6.63. The van der Waals surface area contributed by atoms with Gasteiger partial charge in [0.15, 0.2) is 0 Å². The van der Waals surface area contributed by atoms with Gasteiger partial charge < -0.3 is 10.4 Å². The molecule has 0 aromatic rings. The summed E-state index contributed by atoms with van der Waals surface area (Å²) >= 11 is 0. The number of amides is 1. The topological polar surface area (TPSA) is 49.3 Å². The fraction of sp³-hybridized carbons (Fsp3) is 0.923. The van der Waals surface area contributed by atoms with Gasteiger partial charge in [-0.3, -0.25) is 4.79 Å². The van der Waals surface area contributed by atoms with Gasteiger partial charge in [0.1, 0.15) is 5.60 Å². The van der Waals surface area contributed by atoms with Gasteiger partial charge in [-0.25, -0.2) is 0 Å². The lowest BCUT2D eigenvalue weighted by Crippen LogP contribution is -2.49. The zero-order valence-corrected chi connectivity index (χ0v) is 10.2. The Morgan fingerprint density at radius 1 is 1.19 bits per heavy atom. The van der Waals surface area contributed by atoms with Crippen molar-refractivity contribution in [3.8, 4) is 0 Å². The summed E-state index contributed by atoms with van der Waals surface area (Å²) in [7, 11) is 0. The zero-order chi connectivity index (χ0) is 11.6. The minimum absolute atomic E-state index is 0.121. The van der Waals surface area contributed by atoms with Crippen LogP contribution in [0.4, 0.5) is 0 Å². The molecule has 0 aromatic heterocycles. The number of rotatable bonds is 2. The maximum absolute atomic E-state index is 12.0. The highest BCUT2D eigenvalue weighted by Gasteiger charge is 2.39. The Hall–Kier alpha value is -0.570. The quantitative estimate of drug-likeness (QED) is 0.755. The third-order valence-corrected chi connectivity index (χ3v) is 4.20. The van der Waals surface area contributed by atoms with Crippen molar-refractivity contribution >= 4 is 5.91 Å². The van der Waals surface area contributed by atoms with Crippen LogP contribution in [0.25, 0.3) is 0 Å². The van der Waals surface area contributed by atoms with Crippen molar-refractivity contribution in [2.45, 2.75) is 69.9 Å². The second-order valence-electron chi connectivity index (χ2n) is 5.67. The Kier molecular flexibility index (Phi) is 3.53. The van der Waals surface area contributed by atoms with E-state index in [2.05, 4.69) is 12.2 Å². The Balaban J connectivity index is 1.83. The van der Waals surface area contributed by atoms with Crippen molar-refractivity contribution in [2.75, 3.05) is 0 Å². The molecule has 0 heterocycles. The van der Waals surface area contributed by atoms with E-state index in [-0.39, 0.29) is 5.91 Å². The van der Waals surface area contributed by atoms with E-state index in [4.69, 9.17) is 0 Å². The Bertz CT molecular complexity index is 251. The van der Waals surface area contributed by atoms with Crippen molar-refractivity contribution < 1.29 is 9.90 Å². The van der Waals surface area contributed by atoms with Gasteiger partial charge in [0.05, 0.1) is 0 Å². The highest BCUT2D eigenvalue weighted by molar-refractivity contribution is 5.85. The molecule has 2 fully saturated rings. The SMILES string of the molecule is CC1CCC(NC(=O)C2(O)CCCC2)CC1. The molecular formula is C13H23NO2. The molecule has 3 nitrogen and oxygen atoms in total. The molecule has 0 aliphatic heterocycles. The molecular weight excluding hydrogens is 202 g/mol. The predicted octanol–water partition coefficient (Wildman–Crippen LogP) is 1.99. The summed E-state index contributed by atoms with van der Waals surface area (Å²) in [6.45, 7) is 2.27. The van der Waals surface area contributed by atoms with Gasteiger partial charge in [-0.1, -0.05) is 6.92 Å². The van der Waals surface area contributed by atoms with Gasteiger partial charge in [-0.05, 0) is 57.3 Å². The number of carbonyl (C=O) groups is 1. The van der Waals surface area contributed by atoms with Gasteiger partial charge in [0.2, 0.25) is 0 Å². The van der Waals surface area contributed by atoms with E-state index in [1.807, 2.05) is 0 Å². The number of hydrogen-bond acceptors (Lipinski definition) is 2. The van der Waals surface area contributed by atoms with E-state index < -0.39 is 5.60 Å².